The Labute approximate surface area is 147 Å². The van der Waals surface area contributed by atoms with Gasteiger partial charge in [-0.3, -0.25) is 4.79 Å². The third kappa shape index (κ3) is 2.83. The van der Waals surface area contributed by atoms with Crippen molar-refractivity contribution in [1.82, 2.24) is 15.1 Å². The van der Waals surface area contributed by atoms with E-state index in [2.05, 4.69) is 10.4 Å². The van der Waals surface area contributed by atoms with Crippen molar-refractivity contribution in [2.24, 2.45) is 17.8 Å². The largest absolute Gasteiger partial charge is 0.390 e. The number of amides is 1. The van der Waals surface area contributed by atoms with E-state index in [1.807, 2.05) is 6.92 Å². The predicted molar refractivity (Wildman–Crippen MR) is 92.0 cm³/mol. The molecule has 0 saturated heterocycles. The van der Waals surface area contributed by atoms with Crippen LogP contribution in [-0.4, -0.2) is 26.1 Å². The van der Waals surface area contributed by atoms with Gasteiger partial charge in [0.1, 0.15) is 0 Å². The summed E-state index contributed by atoms with van der Waals surface area (Å²) in [4.78, 5) is 23.5. The number of nitrogens with one attached hydrogen (secondary N) is 1. The summed E-state index contributed by atoms with van der Waals surface area (Å²) in [6, 6.07) is 0.947. The molecule has 4 bridgehead atoms. The first-order valence-electron chi connectivity index (χ1n) is 9.41. The second-order valence-electron chi connectivity index (χ2n) is 8.46. The summed E-state index contributed by atoms with van der Waals surface area (Å²) in [6.45, 7) is 3.69. The molecule has 0 aromatic carbocycles. The highest BCUT2D eigenvalue weighted by atomic mass is 16.6. The maximum absolute atomic E-state index is 13.0. The topological polar surface area (TPSA) is 90.1 Å². The Balaban J connectivity index is 1.54. The highest BCUT2D eigenvalue weighted by Gasteiger charge is 2.52. The molecule has 1 unspecified atom stereocenters. The summed E-state index contributed by atoms with van der Waals surface area (Å²) in [6.07, 6.45) is 7.85. The van der Waals surface area contributed by atoms with Crippen molar-refractivity contribution >= 4 is 11.7 Å². The Morgan fingerprint density at radius 1 is 1.36 bits per heavy atom. The molecule has 4 fully saturated rings. The van der Waals surface area contributed by atoms with Crippen molar-refractivity contribution in [1.29, 1.82) is 0 Å². The molecule has 136 valence electrons. The quantitative estimate of drug-likeness (QED) is 0.655. The normalized spacial score (nSPS) is 34.1. The predicted octanol–water partition coefficient (Wildman–Crippen LogP) is 3.14. The smallest absolute Gasteiger partial charge is 0.358 e. The zero-order valence-electron chi connectivity index (χ0n) is 14.9. The minimum absolute atomic E-state index is 0.0365. The summed E-state index contributed by atoms with van der Waals surface area (Å²) in [7, 11) is 0. The molecule has 1 aromatic heterocycles. The second kappa shape index (κ2) is 5.81. The summed E-state index contributed by atoms with van der Waals surface area (Å²) in [5.74, 6) is 2.06. The van der Waals surface area contributed by atoms with Crippen LogP contribution in [0.25, 0.3) is 0 Å². The molecule has 0 radical (unpaired) electrons. The molecule has 0 aliphatic heterocycles. The average Bonchev–Trinajstić information content (AvgIpc) is 2.88. The van der Waals surface area contributed by atoms with Gasteiger partial charge in [-0.25, -0.2) is 0 Å². The zero-order valence-corrected chi connectivity index (χ0v) is 14.9. The van der Waals surface area contributed by atoms with Gasteiger partial charge in [0, 0.05) is 5.54 Å². The first-order chi connectivity index (χ1) is 11.9. The van der Waals surface area contributed by atoms with E-state index < -0.39 is 11.0 Å². The molecule has 7 heteroatoms. The van der Waals surface area contributed by atoms with Crippen molar-refractivity contribution in [3.05, 3.63) is 21.9 Å². The molecule has 4 aliphatic carbocycles. The van der Waals surface area contributed by atoms with Crippen LogP contribution in [-0.2, 0) is 4.79 Å². The number of nitro groups is 1. The molecular formula is C18H26N4O3. The number of hydrogen-bond donors (Lipinski definition) is 1. The number of rotatable bonds is 5. The summed E-state index contributed by atoms with van der Waals surface area (Å²) in [5.41, 5.74) is 0.603. The first kappa shape index (κ1) is 16.5. The lowest BCUT2D eigenvalue weighted by molar-refractivity contribution is -0.389. The number of nitrogens with zero attached hydrogens (tertiary/aromatic N) is 3. The molecule has 5 rings (SSSR count). The third-order valence-corrected chi connectivity index (χ3v) is 6.51. The van der Waals surface area contributed by atoms with E-state index in [1.165, 1.54) is 30.0 Å². The van der Waals surface area contributed by atoms with Crippen LogP contribution in [0.2, 0.25) is 0 Å². The van der Waals surface area contributed by atoms with E-state index in [1.54, 1.807) is 6.92 Å². The van der Waals surface area contributed by atoms with Crippen LogP contribution in [0.1, 0.15) is 63.6 Å². The van der Waals surface area contributed by atoms with Gasteiger partial charge in [0.25, 0.3) is 0 Å². The van der Waals surface area contributed by atoms with Gasteiger partial charge in [0.05, 0.1) is 16.9 Å². The van der Waals surface area contributed by atoms with Crippen LogP contribution in [0.4, 0.5) is 5.82 Å². The minimum Gasteiger partial charge on any atom is -0.358 e. The summed E-state index contributed by atoms with van der Waals surface area (Å²) < 4.78 is 1.52. The number of aryl methyl sites for hydroxylation is 1. The van der Waals surface area contributed by atoms with E-state index in [4.69, 9.17) is 0 Å². The van der Waals surface area contributed by atoms with Crippen LogP contribution in [0.15, 0.2) is 6.07 Å². The van der Waals surface area contributed by atoms with Gasteiger partial charge in [0.15, 0.2) is 6.04 Å². The van der Waals surface area contributed by atoms with Crippen LogP contribution >= 0.6 is 0 Å². The van der Waals surface area contributed by atoms with Gasteiger partial charge in [-0.2, -0.15) is 4.68 Å². The number of hydrogen-bond acceptors (Lipinski definition) is 4. The first-order valence-corrected chi connectivity index (χ1v) is 9.41. The highest BCUT2D eigenvalue weighted by molar-refractivity contribution is 5.81. The molecular weight excluding hydrogens is 320 g/mol. The Kier molecular flexibility index (Phi) is 3.85. The van der Waals surface area contributed by atoms with Crippen molar-refractivity contribution in [3.8, 4) is 0 Å². The molecule has 0 spiro atoms. The highest BCUT2D eigenvalue weighted by Crippen LogP contribution is 2.55. The molecule has 1 atom stereocenters. The van der Waals surface area contributed by atoms with E-state index >= 15 is 0 Å². The van der Waals surface area contributed by atoms with Crippen molar-refractivity contribution in [3.63, 3.8) is 0 Å². The Morgan fingerprint density at radius 2 is 1.92 bits per heavy atom. The Bertz CT molecular complexity index is 676. The molecule has 1 aromatic rings. The van der Waals surface area contributed by atoms with E-state index in [9.17, 15) is 14.9 Å². The fourth-order valence-corrected chi connectivity index (χ4v) is 5.95. The standard InChI is InChI=1S/C18H26N4O3/c1-3-15(21-11(2)4-16(20-21)22(24)25)17(23)19-18-8-12-5-13(9-18)7-14(6-12)10-18/h4,12-15H,3,5-10H2,1-2H3,(H,19,23). The molecule has 1 heterocycles. The van der Waals surface area contributed by atoms with Gasteiger partial charge < -0.3 is 15.4 Å². The van der Waals surface area contributed by atoms with E-state index in [-0.39, 0.29) is 17.3 Å². The Hall–Kier alpha value is -1.92. The van der Waals surface area contributed by atoms with Gasteiger partial charge in [0.2, 0.25) is 5.91 Å². The molecule has 7 nitrogen and oxygen atoms in total. The maximum Gasteiger partial charge on any atom is 0.390 e. The maximum atomic E-state index is 13.0. The van der Waals surface area contributed by atoms with Crippen molar-refractivity contribution in [2.45, 2.75) is 70.4 Å². The molecule has 1 N–H and O–H groups in total. The van der Waals surface area contributed by atoms with Crippen molar-refractivity contribution in [2.75, 3.05) is 0 Å². The van der Waals surface area contributed by atoms with E-state index in [0.29, 0.717) is 12.1 Å². The van der Waals surface area contributed by atoms with Gasteiger partial charge >= 0.3 is 5.82 Å². The zero-order chi connectivity index (χ0) is 17.8. The van der Waals surface area contributed by atoms with E-state index in [0.717, 1.165) is 37.0 Å². The SMILES string of the molecule is CCC(C(=O)NC12CC3CC(CC(C3)C1)C2)n1nc([N+](=O)[O-])cc1C. The summed E-state index contributed by atoms with van der Waals surface area (Å²) >= 11 is 0. The number of aromatic nitrogens is 2. The number of carbonyl (C=O) groups is 1. The number of carbonyl (C=O) groups excluding carboxylic acids is 1. The lowest BCUT2D eigenvalue weighted by Gasteiger charge is -2.57. The van der Waals surface area contributed by atoms with Crippen LogP contribution < -0.4 is 5.32 Å². The third-order valence-electron chi connectivity index (χ3n) is 6.51. The molecule has 25 heavy (non-hydrogen) atoms. The lowest BCUT2D eigenvalue weighted by atomic mass is 9.53. The molecule has 4 aliphatic rings. The molecule has 1 amide bonds. The summed E-state index contributed by atoms with van der Waals surface area (Å²) in [5, 5.41) is 18.4. The van der Waals surface area contributed by atoms with Crippen LogP contribution in [0.3, 0.4) is 0 Å². The Morgan fingerprint density at radius 3 is 2.36 bits per heavy atom. The monoisotopic (exact) mass is 346 g/mol. The lowest BCUT2D eigenvalue weighted by Crippen LogP contribution is -2.60. The fourth-order valence-electron chi connectivity index (χ4n) is 5.95. The van der Waals surface area contributed by atoms with Gasteiger partial charge in [-0.15, -0.1) is 0 Å². The minimum atomic E-state index is -0.507. The average molecular weight is 346 g/mol. The second-order valence-corrected chi connectivity index (χ2v) is 8.46. The van der Waals surface area contributed by atoms with Crippen LogP contribution in [0, 0.1) is 34.8 Å². The van der Waals surface area contributed by atoms with Crippen molar-refractivity contribution < 1.29 is 9.72 Å². The molecule has 4 saturated carbocycles. The van der Waals surface area contributed by atoms with Gasteiger partial charge in [-0.1, -0.05) is 6.92 Å². The van der Waals surface area contributed by atoms with Gasteiger partial charge in [-0.05, 0) is 74.5 Å². The van der Waals surface area contributed by atoms with Crippen LogP contribution in [0.5, 0.6) is 0 Å². The fraction of sp³-hybridized carbons (Fsp3) is 0.778.